The first kappa shape index (κ1) is 9.72. The molecule has 0 aromatic heterocycles. The van der Waals surface area contributed by atoms with Crippen molar-refractivity contribution in [1.82, 2.24) is 5.32 Å². The molecule has 0 spiro atoms. The monoisotopic (exact) mass is 189 g/mol. The lowest BCUT2D eigenvalue weighted by molar-refractivity contribution is 0.698. The number of rotatable bonds is 3. The van der Waals surface area contributed by atoms with Gasteiger partial charge in [0.1, 0.15) is 0 Å². The highest BCUT2D eigenvalue weighted by atomic mass is 14.8. The molecule has 0 saturated heterocycles. The fraction of sp³-hybridized carbons (Fsp3) is 0.538. The summed E-state index contributed by atoms with van der Waals surface area (Å²) in [6, 6.07) is 6.93. The Morgan fingerprint density at radius 1 is 1.21 bits per heavy atom. The normalized spacial score (nSPS) is 25.1. The topological polar surface area (TPSA) is 12.0 Å². The summed E-state index contributed by atoms with van der Waals surface area (Å²) >= 11 is 0. The van der Waals surface area contributed by atoms with Crippen LogP contribution in [0.1, 0.15) is 29.0 Å². The van der Waals surface area contributed by atoms with Gasteiger partial charge in [-0.05, 0) is 51.3 Å². The van der Waals surface area contributed by atoms with E-state index in [2.05, 4.69) is 37.4 Å². The van der Waals surface area contributed by atoms with Crippen molar-refractivity contribution in [1.29, 1.82) is 0 Å². The summed E-state index contributed by atoms with van der Waals surface area (Å²) in [5.74, 6) is 1.70. The second-order valence-corrected chi connectivity index (χ2v) is 4.58. The minimum atomic E-state index is 0.820. The summed E-state index contributed by atoms with van der Waals surface area (Å²) in [5, 5.41) is 3.26. The third-order valence-corrected chi connectivity index (χ3v) is 3.06. The maximum Gasteiger partial charge on any atom is -0.00175 e. The molecule has 0 bridgehead atoms. The second-order valence-electron chi connectivity index (χ2n) is 4.58. The maximum atomic E-state index is 3.26. The highest BCUT2D eigenvalue weighted by Gasteiger charge is 2.37. The number of aryl methyl sites for hydroxylation is 2. The van der Waals surface area contributed by atoms with E-state index in [4.69, 9.17) is 0 Å². The first-order chi connectivity index (χ1) is 6.70. The van der Waals surface area contributed by atoms with Crippen LogP contribution in [0.3, 0.4) is 0 Å². The summed E-state index contributed by atoms with van der Waals surface area (Å²) < 4.78 is 0. The zero-order chi connectivity index (χ0) is 10.1. The number of benzene rings is 1. The Kier molecular flexibility index (Phi) is 2.60. The van der Waals surface area contributed by atoms with E-state index in [0.717, 1.165) is 18.4 Å². The SMILES string of the molecule is CNC[C@@H]1C[C@@H]1c1cc(C)cc(C)c1. The summed E-state index contributed by atoms with van der Waals surface area (Å²) in [6.45, 7) is 5.54. The molecule has 0 unspecified atom stereocenters. The lowest BCUT2D eigenvalue weighted by atomic mass is 10.0. The molecule has 1 fully saturated rings. The van der Waals surface area contributed by atoms with Gasteiger partial charge in [0.05, 0.1) is 0 Å². The van der Waals surface area contributed by atoms with E-state index in [1.54, 1.807) is 5.56 Å². The average Bonchev–Trinajstić information content (AvgIpc) is 2.82. The summed E-state index contributed by atoms with van der Waals surface area (Å²) in [6.07, 6.45) is 1.36. The van der Waals surface area contributed by atoms with E-state index in [1.165, 1.54) is 17.5 Å². The van der Waals surface area contributed by atoms with Gasteiger partial charge in [0, 0.05) is 0 Å². The van der Waals surface area contributed by atoms with Crippen molar-refractivity contribution in [3.63, 3.8) is 0 Å². The quantitative estimate of drug-likeness (QED) is 0.770. The molecule has 1 nitrogen and oxygen atoms in total. The molecular weight excluding hydrogens is 170 g/mol. The van der Waals surface area contributed by atoms with Gasteiger partial charge in [0.15, 0.2) is 0 Å². The largest absolute Gasteiger partial charge is 0.319 e. The molecule has 1 aliphatic carbocycles. The number of hydrogen-bond donors (Lipinski definition) is 1. The molecule has 0 heterocycles. The van der Waals surface area contributed by atoms with Gasteiger partial charge >= 0.3 is 0 Å². The van der Waals surface area contributed by atoms with E-state index in [9.17, 15) is 0 Å². The lowest BCUT2D eigenvalue weighted by Gasteiger charge is -2.04. The molecule has 2 atom stereocenters. The first-order valence-corrected chi connectivity index (χ1v) is 5.43. The lowest BCUT2D eigenvalue weighted by Crippen LogP contribution is -2.10. The predicted molar refractivity (Wildman–Crippen MR) is 60.7 cm³/mol. The number of hydrogen-bond acceptors (Lipinski definition) is 1. The van der Waals surface area contributed by atoms with Gasteiger partial charge in [-0.3, -0.25) is 0 Å². The minimum absolute atomic E-state index is 0.820. The molecule has 1 aromatic carbocycles. The van der Waals surface area contributed by atoms with Crippen LogP contribution < -0.4 is 5.32 Å². The first-order valence-electron chi connectivity index (χ1n) is 5.43. The number of nitrogens with one attached hydrogen (secondary N) is 1. The van der Waals surface area contributed by atoms with Crippen LogP contribution in [0.5, 0.6) is 0 Å². The fourth-order valence-electron chi connectivity index (χ4n) is 2.37. The van der Waals surface area contributed by atoms with Crippen LogP contribution in [0.25, 0.3) is 0 Å². The molecule has 76 valence electrons. The zero-order valence-corrected chi connectivity index (χ0v) is 9.30. The van der Waals surface area contributed by atoms with E-state index in [1.807, 2.05) is 7.05 Å². The van der Waals surface area contributed by atoms with Gasteiger partial charge in [0.25, 0.3) is 0 Å². The van der Waals surface area contributed by atoms with E-state index in [0.29, 0.717) is 0 Å². The van der Waals surface area contributed by atoms with Crippen molar-refractivity contribution in [2.45, 2.75) is 26.2 Å². The Bertz CT molecular complexity index is 310. The van der Waals surface area contributed by atoms with Crippen LogP contribution in [-0.2, 0) is 0 Å². The molecule has 2 rings (SSSR count). The van der Waals surface area contributed by atoms with Gasteiger partial charge in [-0.25, -0.2) is 0 Å². The van der Waals surface area contributed by atoms with Crippen molar-refractivity contribution in [2.24, 2.45) is 5.92 Å². The molecule has 0 amide bonds. The smallest absolute Gasteiger partial charge is 0.00175 e. The standard InChI is InChI=1S/C13H19N/c1-9-4-10(2)6-11(5-9)13-7-12(13)8-14-3/h4-6,12-14H,7-8H2,1-3H3/t12-,13+/m0/s1. The Morgan fingerprint density at radius 2 is 1.86 bits per heavy atom. The summed E-state index contributed by atoms with van der Waals surface area (Å²) in [5.41, 5.74) is 4.34. The highest BCUT2D eigenvalue weighted by molar-refractivity contribution is 5.34. The van der Waals surface area contributed by atoms with Crippen molar-refractivity contribution < 1.29 is 0 Å². The van der Waals surface area contributed by atoms with E-state index < -0.39 is 0 Å². The van der Waals surface area contributed by atoms with Crippen LogP contribution in [-0.4, -0.2) is 13.6 Å². The van der Waals surface area contributed by atoms with Crippen LogP contribution in [0, 0.1) is 19.8 Å². The van der Waals surface area contributed by atoms with Gasteiger partial charge in [0.2, 0.25) is 0 Å². The molecular formula is C13H19N. The Morgan fingerprint density at radius 3 is 2.43 bits per heavy atom. The van der Waals surface area contributed by atoms with Crippen LogP contribution >= 0.6 is 0 Å². The fourth-order valence-corrected chi connectivity index (χ4v) is 2.37. The Hall–Kier alpha value is -0.820. The molecule has 14 heavy (non-hydrogen) atoms. The third-order valence-electron chi connectivity index (χ3n) is 3.06. The highest BCUT2D eigenvalue weighted by Crippen LogP contribution is 2.47. The van der Waals surface area contributed by atoms with E-state index >= 15 is 0 Å². The Balaban J connectivity index is 2.11. The van der Waals surface area contributed by atoms with Gasteiger partial charge in [-0.1, -0.05) is 29.3 Å². The van der Waals surface area contributed by atoms with Gasteiger partial charge < -0.3 is 5.32 Å². The van der Waals surface area contributed by atoms with E-state index in [-0.39, 0.29) is 0 Å². The van der Waals surface area contributed by atoms with Gasteiger partial charge in [-0.15, -0.1) is 0 Å². The second kappa shape index (κ2) is 3.74. The van der Waals surface area contributed by atoms with Crippen molar-refractivity contribution in [3.05, 3.63) is 34.9 Å². The van der Waals surface area contributed by atoms with Crippen LogP contribution in [0.2, 0.25) is 0 Å². The van der Waals surface area contributed by atoms with Crippen molar-refractivity contribution in [2.75, 3.05) is 13.6 Å². The van der Waals surface area contributed by atoms with Gasteiger partial charge in [-0.2, -0.15) is 0 Å². The summed E-state index contributed by atoms with van der Waals surface area (Å²) in [4.78, 5) is 0. The molecule has 1 N–H and O–H groups in total. The predicted octanol–water partition coefficient (Wildman–Crippen LogP) is 2.63. The molecule has 0 aliphatic heterocycles. The molecule has 1 aliphatic rings. The molecule has 1 saturated carbocycles. The molecule has 1 heteroatoms. The Labute approximate surface area is 86.5 Å². The maximum absolute atomic E-state index is 3.26. The third kappa shape index (κ3) is 1.98. The van der Waals surface area contributed by atoms with Crippen molar-refractivity contribution >= 4 is 0 Å². The molecule has 1 aromatic rings. The zero-order valence-electron chi connectivity index (χ0n) is 9.30. The summed E-state index contributed by atoms with van der Waals surface area (Å²) in [7, 11) is 2.04. The van der Waals surface area contributed by atoms with Crippen molar-refractivity contribution in [3.8, 4) is 0 Å². The molecule has 0 radical (unpaired) electrons. The average molecular weight is 189 g/mol. The van der Waals surface area contributed by atoms with Crippen LogP contribution in [0.15, 0.2) is 18.2 Å². The minimum Gasteiger partial charge on any atom is -0.319 e. The van der Waals surface area contributed by atoms with Crippen LogP contribution in [0.4, 0.5) is 0 Å².